The van der Waals surface area contributed by atoms with E-state index in [0.29, 0.717) is 23.0 Å². The molecule has 0 bridgehead atoms. The summed E-state index contributed by atoms with van der Waals surface area (Å²) in [6.07, 6.45) is 4.65. The van der Waals surface area contributed by atoms with Crippen LogP contribution in [0.3, 0.4) is 0 Å². The molecule has 22 heavy (non-hydrogen) atoms. The largest absolute Gasteiger partial charge is 0.393 e. The highest BCUT2D eigenvalue weighted by molar-refractivity contribution is 5.80. The van der Waals surface area contributed by atoms with Crippen LogP contribution in [0.15, 0.2) is 55.1 Å². The number of pyridine rings is 1. The fourth-order valence-corrected chi connectivity index (χ4v) is 1.86. The maximum Gasteiger partial charge on any atom is 0.159 e. The Bertz CT molecular complexity index is 778. The maximum absolute atomic E-state index is 13.7. The van der Waals surface area contributed by atoms with Crippen LogP contribution in [0.4, 0.5) is 33.1 Å². The van der Waals surface area contributed by atoms with E-state index in [0.717, 1.165) is 5.69 Å². The van der Waals surface area contributed by atoms with Gasteiger partial charge in [0.15, 0.2) is 11.6 Å². The van der Waals surface area contributed by atoms with Gasteiger partial charge in [-0.05, 0) is 24.3 Å². The Kier molecular flexibility index (Phi) is 3.78. The third-order valence-electron chi connectivity index (χ3n) is 2.95. The molecule has 4 N–H and O–H groups in total. The number of para-hydroxylation sites is 1. The number of rotatable bonds is 4. The fourth-order valence-electron chi connectivity index (χ4n) is 1.86. The van der Waals surface area contributed by atoms with Gasteiger partial charge in [0.05, 0.1) is 5.69 Å². The lowest BCUT2D eigenvalue weighted by atomic mass is 10.3. The van der Waals surface area contributed by atoms with Crippen LogP contribution in [-0.2, 0) is 0 Å². The molecule has 2 aromatic heterocycles. The molecule has 0 amide bonds. The molecule has 0 aliphatic rings. The number of halogens is 1. The number of nitrogens with two attached hydrogens (primary N) is 1. The van der Waals surface area contributed by atoms with Crippen molar-refractivity contribution in [1.29, 1.82) is 0 Å². The summed E-state index contributed by atoms with van der Waals surface area (Å²) in [5, 5.41) is 5.93. The van der Waals surface area contributed by atoms with E-state index in [9.17, 15) is 4.39 Å². The van der Waals surface area contributed by atoms with Crippen molar-refractivity contribution in [3.8, 4) is 0 Å². The van der Waals surface area contributed by atoms with E-state index in [1.54, 1.807) is 42.7 Å². The van der Waals surface area contributed by atoms with E-state index in [4.69, 9.17) is 5.73 Å². The van der Waals surface area contributed by atoms with Crippen LogP contribution in [-0.4, -0.2) is 15.0 Å². The summed E-state index contributed by atoms with van der Waals surface area (Å²) in [7, 11) is 0. The number of nitrogen functional groups attached to an aromatic ring is 1. The second-order valence-electron chi connectivity index (χ2n) is 4.45. The van der Waals surface area contributed by atoms with E-state index in [2.05, 4.69) is 25.6 Å². The van der Waals surface area contributed by atoms with Crippen molar-refractivity contribution in [2.75, 3.05) is 16.4 Å². The molecule has 0 unspecified atom stereocenters. The van der Waals surface area contributed by atoms with Crippen molar-refractivity contribution in [2.45, 2.75) is 0 Å². The summed E-state index contributed by atoms with van der Waals surface area (Å²) in [6.45, 7) is 0. The Morgan fingerprint density at radius 3 is 2.32 bits per heavy atom. The zero-order valence-corrected chi connectivity index (χ0v) is 11.5. The van der Waals surface area contributed by atoms with Gasteiger partial charge < -0.3 is 16.4 Å². The number of anilines is 5. The lowest BCUT2D eigenvalue weighted by Crippen LogP contribution is -2.05. The fraction of sp³-hybridized carbons (Fsp3) is 0. The zero-order valence-electron chi connectivity index (χ0n) is 11.5. The first kappa shape index (κ1) is 13.7. The van der Waals surface area contributed by atoms with Gasteiger partial charge in [0, 0.05) is 18.1 Å². The molecule has 0 spiro atoms. The minimum Gasteiger partial charge on any atom is -0.393 e. The van der Waals surface area contributed by atoms with Crippen LogP contribution >= 0.6 is 0 Å². The van der Waals surface area contributed by atoms with Gasteiger partial charge in [-0.1, -0.05) is 12.1 Å². The Hall–Kier alpha value is -3.22. The molecule has 2 heterocycles. The van der Waals surface area contributed by atoms with Crippen LogP contribution in [0.25, 0.3) is 0 Å². The number of nitrogens with zero attached hydrogens (tertiary/aromatic N) is 3. The number of benzene rings is 1. The van der Waals surface area contributed by atoms with Crippen LogP contribution < -0.4 is 16.4 Å². The van der Waals surface area contributed by atoms with Gasteiger partial charge in [0.2, 0.25) is 0 Å². The van der Waals surface area contributed by atoms with Gasteiger partial charge in [-0.3, -0.25) is 4.98 Å². The Morgan fingerprint density at radius 1 is 0.909 bits per heavy atom. The summed E-state index contributed by atoms with van der Waals surface area (Å²) in [4.78, 5) is 12.1. The normalized spacial score (nSPS) is 10.2. The molecule has 0 atom stereocenters. The van der Waals surface area contributed by atoms with Crippen molar-refractivity contribution in [3.05, 3.63) is 60.9 Å². The summed E-state index contributed by atoms with van der Waals surface area (Å²) >= 11 is 0. The molecule has 0 aliphatic heterocycles. The van der Waals surface area contributed by atoms with E-state index in [1.165, 1.54) is 12.4 Å². The van der Waals surface area contributed by atoms with Crippen LogP contribution in [0.5, 0.6) is 0 Å². The molecule has 6 nitrogen and oxygen atoms in total. The molecular formula is C15H13FN6. The summed E-state index contributed by atoms with van der Waals surface area (Å²) < 4.78 is 13.7. The molecule has 7 heteroatoms. The summed E-state index contributed by atoms with van der Waals surface area (Å²) in [6, 6.07) is 9.86. The number of hydrogen-bond acceptors (Lipinski definition) is 6. The van der Waals surface area contributed by atoms with Crippen LogP contribution in [0, 0.1) is 5.82 Å². The molecule has 0 radical (unpaired) electrons. The number of hydrogen-bond donors (Lipinski definition) is 3. The van der Waals surface area contributed by atoms with Gasteiger partial charge in [-0.2, -0.15) is 0 Å². The van der Waals surface area contributed by atoms with Crippen LogP contribution in [0.1, 0.15) is 0 Å². The molecular weight excluding hydrogens is 283 g/mol. The monoisotopic (exact) mass is 296 g/mol. The first-order valence-corrected chi connectivity index (χ1v) is 6.53. The highest BCUT2D eigenvalue weighted by atomic mass is 19.1. The maximum atomic E-state index is 13.7. The number of aromatic nitrogens is 3. The molecule has 0 fully saturated rings. The SMILES string of the molecule is Nc1c(Nc2ccncc2)ncnc1Nc1ccccc1F. The second-order valence-corrected chi connectivity index (χ2v) is 4.45. The Labute approximate surface area is 126 Å². The summed E-state index contributed by atoms with van der Waals surface area (Å²) in [5.41, 5.74) is 7.42. The molecule has 110 valence electrons. The van der Waals surface area contributed by atoms with Crippen LogP contribution in [0.2, 0.25) is 0 Å². The predicted molar refractivity (Wildman–Crippen MR) is 83.6 cm³/mol. The van der Waals surface area contributed by atoms with Gasteiger partial charge in [0.1, 0.15) is 17.8 Å². The van der Waals surface area contributed by atoms with Gasteiger partial charge >= 0.3 is 0 Å². The zero-order chi connectivity index (χ0) is 15.4. The standard InChI is InChI=1S/C15H13FN6/c16-11-3-1-2-4-12(11)22-15-13(17)14(19-9-20-15)21-10-5-7-18-8-6-10/h1-9H,17H2,(H2,18,19,20,21,22). The number of nitrogens with one attached hydrogen (secondary N) is 2. The Balaban J connectivity index is 1.88. The minimum atomic E-state index is -0.385. The summed E-state index contributed by atoms with van der Waals surface area (Å²) in [5.74, 6) is 0.376. The van der Waals surface area contributed by atoms with Crippen molar-refractivity contribution in [3.63, 3.8) is 0 Å². The van der Waals surface area contributed by atoms with E-state index >= 15 is 0 Å². The van der Waals surface area contributed by atoms with Gasteiger partial charge in [-0.15, -0.1) is 0 Å². The van der Waals surface area contributed by atoms with Crippen molar-refractivity contribution >= 4 is 28.7 Å². The average Bonchev–Trinajstić information content (AvgIpc) is 2.54. The Morgan fingerprint density at radius 2 is 1.59 bits per heavy atom. The third kappa shape index (κ3) is 2.93. The lowest BCUT2D eigenvalue weighted by molar-refractivity contribution is 0.632. The van der Waals surface area contributed by atoms with Gasteiger partial charge in [-0.25, -0.2) is 14.4 Å². The van der Waals surface area contributed by atoms with Crippen molar-refractivity contribution in [1.82, 2.24) is 15.0 Å². The highest BCUT2D eigenvalue weighted by Gasteiger charge is 2.10. The third-order valence-corrected chi connectivity index (χ3v) is 2.95. The molecule has 1 aromatic carbocycles. The average molecular weight is 296 g/mol. The quantitative estimate of drug-likeness (QED) is 0.685. The molecule has 0 aliphatic carbocycles. The van der Waals surface area contributed by atoms with E-state index in [-0.39, 0.29) is 5.82 Å². The highest BCUT2D eigenvalue weighted by Crippen LogP contribution is 2.28. The van der Waals surface area contributed by atoms with Gasteiger partial charge in [0.25, 0.3) is 0 Å². The first-order chi connectivity index (χ1) is 10.7. The smallest absolute Gasteiger partial charge is 0.159 e. The second kappa shape index (κ2) is 6.04. The lowest BCUT2D eigenvalue weighted by Gasteiger charge is -2.12. The molecule has 3 aromatic rings. The van der Waals surface area contributed by atoms with Crippen molar-refractivity contribution in [2.24, 2.45) is 0 Å². The topological polar surface area (TPSA) is 88.8 Å². The molecule has 3 rings (SSSR count). The molecule has 0 saturated heterocycles. The van der Waals surface area contributed by atoms with E-state index < -0.39 is 0 Å². The predicted octanol–water partition coefficient (Wildman–Crippen LogP) is 3.08. The van der Waals surface area contributed by atoms with E-state index in [1.807, 2.05) is 0 Å². The van der Waals surface area contributed by atoms with Crippen molar-refractivity contribution < 1.29 is 4.39 Å². The first-order valence-electron chi connectivity index (χ1n) is 6.53. The minimum absolute atomic E-state index is 0.294. The molecule has 0 saturated carbocycles.